The van der Waals surface area contributed by atoms with Gasteiger partial charge in [-0.2, -0.15) is 18.2 Å². The molecule has 1 aromatic heterocycles. The summed E-state index contributed by atoms with van der Waals surface area (Å²) in [6.45, 7) is 2.33. The van der Waals surface area contributed by atoms with Gasteiger partial charge in [-0.3, -0.25) is 9.59 Å². The van der Waals surface area contributed by atoms with Crippen molar-refractivity contribution >= 4 is 11.7 Å². The van der Waals surface area contributed by atoms with E-state index in [0.29, 0.717) is 24.3 Å². The number of alkyl halides is 3. The minimum absolute atomic E-state index is 0.109. The Labute approximate surface area is 158 Å². The molecule has 0 saturated carbocycles. The van der Waals surface area contributed by atoms with E-state index in [4.69, 9.17) is 4.74 Å². The first-order valence-corrected chi connectivity index (χ1v) is 8.65. The minimum atomic E-state index is -4.71. The number of rotatable bonds is 6. The fourth-order valence-electron chi connectivity index (χ4n) is 2.91. The van der Waals surface area contributed by atoms with E-state index in [1.54, 1.807) is 12.1 Å². The van der Waals surface area contributed by atoms with Gasteiger partial charge < -0.3 is 14.2 Å². The van der Waals surface area contributed by atoms with Crippen LogP contribution in [0.15, 0.2) is 28.8 Å². The number of carbonyl (C=O) groups excluding carboxylic acids is 2. The van der Waals surface area contributed by atoms with Gasteiger partial charge in [0.2, 0.25) is 11.6 Å². The van der Waals surface area contributed by atoms with Gasteiger partial charge in [0.05, 0.1) is 6.10 Å². The third-order valence-corrected chi connectivity index (χ3v) is 4.29. The summed E-state index contributed by atoms with van der Waals surface area (Å²) in [7, 11) is 0. The Morgan fingerprint density at radius 2 is 1.96 bits per heavy atom. The fourth-order valence-corrected chi connectivity index (χ4v) is 2.91. The molecule has 1 aliphatic rings. The van der Waals surface area contributed by atoms with Gasteiger partial charge in [0.1, 0.15) is 0 Å². The van der Waals surface area contributed by atoms with Crippen LogP contribution in [0.4, 0.5) is 13.2 Å². The lowest BCUT2D eigenvalue weighted by Gasteiger charge is -2.24. The van der Waals surface area contributed by atoms with Gasteiger partial charge in [0.15, 0.2) is 0 Å². The van der Waals surface area contributed by atoms with Crippen LogP contribution in [0.1, 0.15) is 31.2 Å². The van der Waals surface area contributed by atoms with Crippen molar-refractivity contribution in [1.82, 2.24) is 15.0 Å². The van der Waals surface area contributed by atoms with Gasteiger partial charge in [-0.15, -0.1) is 0 Å². The highest BCUT2D eigenvalue weighted by Crippen LogP contribution is 2.29. The highest BCUT2D eigenvalue weighted by Gasteiger charge is 2.38. The molecule has 1 saturated heterocycles. The number of ketones is 1. The number of amides is 1. The third kappa shape index (κ3) is 4.75. The predicted octanol–water partition coefficient (Wildman–Crippen LogP) is 2.85. The Kier molecular flexibility index (Phi) is 5.78. The number of hydrogen-bond donors (Lipinski definition) is 0. The Hall–Kier alpha value is -2.75. The van der Waals surface area contributed by atoms with Gasteiger partial charge in [-0.05, 0) is 18.4 Å². The van der Waals surface area contributed by atoms with E-state index in [2.05, 4.69) is 14.7 Å². The second-order valence-electron chi connectivity index (χ2n) is 6.49. The molecule has 1 aromatic carbocycles. The quantitative estimate of drug-likeness (QED) is 0.697. The fraction of sp³-hybridized carbons (Fsp3) is 0.444. The molecular formula is C18H18F3N3O4. The van der Waals surface area contributed by atoms with E-state index in [9.17, 15) is 22.8 Å². The Bertz CT molecular complexity index is 843. The molecule has 7 nitrogen and oxygen atoms in total. The Balaban J connectivity index is 1.72. The van der Waals surface area contributed by atoms with Gasteiger partial charge in [0, 0.05) is 32.2 Å². The summed E-state index contributed by atoms with van der Waals surface area (Å²) in [5, 5.41) is 3.33. The molecule has 150 valence electrons. The average Bonchev–Trinajstić information content (AvgIpc) is 3.32. The SMILES string of the molecule is CC(=O)C(=O)N(Cc1ccc(-c2noc(C(F)(F)F)n2)cc1)CC1CCCO1. The number of Topliss-reactive ketones (excluding diaryl/α,β-unsaturated/α-hetero) is 1. The molecule has 0 spiro atoms. The van der Waals surface area contributed by atoms with Crippen molar-refractivity contribution in [1.29, 1.82) is 0 Å². The first kappa shape index (κ1) is 20.0. The van der Waals surface area contributed by atoms with Crippen LogP contribution in [-0.2, 0) is 27.0 Å². The van der Waals surface area contributed by atoms with E-state index in [-0.39, 0.29) is 18.5 Å². The smallest absolute Gasteiger partial charge is 0.376 e. The van der Waals surface area contributed by atoms with Crippen LogP contribution in [0.25, 0.3) is 11.4 Å². The zero-order valence-corrected chi connectivity index (χ0v) is 15.0. The van der Waals surface area contributed by atoms with Gasteiger partial charge in [-0.25, -0.2) is 0 Å². The van der Waals surface area contributed by atoms with Crippen LogP contribution in [0.3, 0.4) is 0 Å². The summed E-state index contributed by atoms with van der Waals surface area (Å²) >= 11 is 0. The van der Waals surface area contributed by atoms with Crippen molar-refractivity contribution in [3.63, 3.8) is 0 Å². The molecule has 1 amide bonds. The highest BCUT2D eigenvalue weighted by molar-refractivity contribution is 6.35. The first-order chi connectivity index (χ1) is 13.2. The van der Waals surface area contributed by atoms with E-state index >= 15 is 0 Å². The number of hydrogen-bond acceptors (Lipinski definition) is 6. The summed E-state index contributed by atoms with van der Waals surface area (Å²) in [6.07, 6.45) is -3.09. The van der Waals surface area contributed by atoms with Gasteiger partial charge >= 0.3 is 12.1 Å². The number of aromatic nitrogens is 2. The molecule has 0 bridgehead atoms. The Morgan fingerprint density at radius 1 is 1.25 bits per heavy atom. The molecule has 2 heterocycles. The zero-order chi connectivity index (χ0) is 20.3. The van der Waals surface area contributed by atoms with Crippen LogP contribution in [-0.4, -0.2) is 46.0 Å². The molecule has 0 radical (unpaired) electrons. The van der Waals surface area contributed by atoms with E-state index in [0.717, 1.165) is 12.8 Å². The normalized spacial score (nSPS) is 16.9. The van der Waals surface area contributed by atoms with E-state index in [1.165, 1.54) is 24.0 Å². The molecule has 1 unspecified atom stereocenters. The second kappa shape index (κ2) is 8.09. The molecule has 0 N–H and O–H groups in total. The predicted molar refractivity (Wildman–Crippen MR) is 89.8 cm³/mol. The van der Waals surface area contributed by atoms with Gasteiger partial charge in [-0.1, -0.05) is 29.4 Å². The van der Waals surface area contributed by atoms with Crippen LogP contribution in [0.2, 0.25) is 0 Å². The van der Waals surface area contributed by atoms with Crippen molar-refractivity contribution in [2.24, 2.45) is 0 Å². The lowest BCUT2D eigenvalue weighted by Crippen LogP contribution is -2.40. The Morgan fingerprint density at radius 3 is 2.50 bits per heavy atom. The summed E-state index contributed by atoms with van der Waals surface area (Å²) in [4.78, 5) is 28.5. The maximum atomic E-state index is 12.6. The molecule has 1 fully saturated rings. The van der Waals surface area contributed by atoms with Crippen LogP contribution < -0.4 is 0 Å². The molecule has 10 heteroatoms. The molecule has 0 aliphatic carbocycles. The lowest BCUT2D eigenvalue weighted by molar-refractivity contribution is -0.159. The van der Waals surface area contributed by atoms with Crippen LogP contribution in [0.5, 0.6) is 0 Å². The summed E-state index contributed by atoms with van der Waals surface area (Å²) < 4.78 is 47.4. The number of carbonyl (C=O) groups is 2. The second-order valence-corrected chi connectivity index (χ2v) is 6.49. The highest BCUT2D eigenvalue weighted by atomic mass is 19.4. The molecule has 28 heavy (non-hydrogen) atoms. The van der Waals surface area contributed by atoms with Crippen molar-refractivity contribution < 1.29 is 32.0 Å². The summed E-state index contributed by atoms with van der Waals surface area (Å²) in [5.74, 6) is -2.77. The van der Waals surface area contributed by atoms with Crippen LogP contribution >= 0.6 is 0 Å². The lowest BCUT2D eigenvalue weighted by atomic mass is 10.1. The maximum absolute atomic E-state index is 12.6. The molecule has 2 aromatic rings. The summed E-state index contributed by atoms with van der Waals surface area (Å²) in [6, 6.07) is 6.33. The number of ether oxygens (including phenoxy) is 1. The average molecular weight is 397 g/mol. The zero-order valence-electron chi connectivity index (χ0n) is 15.0. The minimum Gasteiger partial charge on any atom is -0.376 e. The monoisotopic (exact) mass is 397 g/mol. The molecular weight excluding hydrogens is 379 g/mol. The van der Waals surface area contributed by atoms with Crippen molar-refractivity contribution in [3.8, 4) is 11.4 Å². The van der Waals surface area contributed by atoms with Crippen LogP contribution in [0, 0.1) is 0 Å². The molecule has 1 aliphatic heterocycles. The number of nitrogens with zero attached hydrogens (tertiary/aromatic N) is 3. The topological polar surface area (TPSA) is 85.5 Å². The molecule has 3 rings (SSSR count). The van der Waals surface area contributed by atoms with Crippen molar-refractivity contribution in [2.75, 3.05) is 13.2 Å². The van der Waals surface area contributed by atoms with E-state index < -0.39 is 23.8 Å². The first-order valence-electron chi connectivity index (χ1n) is 8.65. The standard InChI is InChI=1S/C18H18F3N3O4/c1-11(25)16(26)24(10-14-3-2-8-27-14)9-12-4-6-13(7-5-12)15-22-17(28-23-15)18(19,20)21/h4-7,14H,2-3,8-10H2,1H3. The largest absolute Gasteiger partial charge is 0.471 e. The molecule has 1 atom stereocenters. The summed E-state index contributed by atoms with van der Waals surface area (Å²) in [5.41, 5.74) is 1.04. The number of halogens is 3. The van der Waals surface area contributed by atoms with Crippen molar-refractivity contribution in [3.05, 3.63) is 35.7 Å². The third-order valence-electron chi connectivity index (χ3n) is 4.29. The maximum Gasteiger partial charge on any atom is 0.471 e. The number of benzene rings is 1. The van der Waals surface area contributed by atoms with Gasteiger partial charge in [0.25, 0.3) is 5.91 Å². The van der Waals surface area contributed by atoms with Crippen molar-refractivity contribution in [2.45, 2.75) is 38.6 Å². The van der Waals surface area contributed by atoms with E-state index in [1.807, 2.05) is 0 Å².